The Kier molecular flexibility index (Phi) is 2.77. The van der Waals surface area contributed by atoms with Crippen LogP contribution >= 0.6 is 0 Å². The summed E-state index contributed by atoms with van der Waals surface area (Å²) in [4.78, 5) is 24.7. The van der Waals surface area contributed by atoms with E-state index in [1.807, 2.05) is 6.92 Å². The second kappa shape index (κ2) is 4.24. The second-order valence-corrected chi connectivity index (χ2v) is 3.48. The SMILES string of the molecule is CCn1cnnc1Cn1c(N)cc(=O)[nH]c1=O. The minimum absolute atomic E-state index is 0.101. The van der Waals surface area contributed by atoms with Gasteiger partial charge in [-0.1, -0.05) is 0 Å². The van der Waals surface area contributed by atoms with Gasteiger partial charge in [0, 0.05) is 12.6 Å². The lowest BCUT2D eigenvalue weighted by atomic mass is 10.5. The second-order valence-electron chi connectivity index (χ2n) is 3.48. The third kappa shape index (κ3) is 2.10. The molecule has 0 atom stereocenters. The Hall–Kier alpha value is -2.38. The van der Waals surface area contributed by atoms with Crippen LogP contribution < -0.4 is 17.0 Å². The van der Waals surface area contributed by atoms with Crippen LogP contribution in [0.15, 0.2) is 22.0 Å². The highest BCUT2D eigenvalue weighted by molar-refractivity contribution is 5.26. The number of hydrogen-bond acceptors (Lipinski definition) is 5. The molecule has 0 spiro atoms. The number of nitrogen functional groups attached to an aromatic ring is 1. The first-order valence-electron chi connectivity index (χ1n) is 5.08. The number of hydrogen-bond donors (Lipinski definition) is 2. The lowest BCUT2D eigenvalue weighted by Gasteiger charge is -2.08. The van der Waals surface area contributed by atoms with Crippen LogP contribution in [0.5, 0.6) is 0 Å². The highest BCUT2D eigenvalue weighted by Crippen LogP contribution is 2.00. The molecule has 0 aromatic carbocycles. The van der Waals surface area contributed by atoms with Gasteiger partial charge in [-0.05, 0) is 6.92 Å². The predicted molar refractivity (Wildman–Crippen MR) is 60.5 cm³/mol. The molecule has 0 amide bonds. The Bertz CT molecular complexity index is 637. The molecule has 0 bridgehead atoms. The van der Waals surface area contributed by atoms with E-state index < -0.39 is 11.2 Å². The fourth-order valence-corrected chi connectivity index (χ4v) is 1.51. The Balaban J connectivity index is 2.43. The van der Waals surface area contributed by atoms with Crippen LogP contribution in [0.2, 0.25) is 0 Å². The molecule has 3 N–H and O–H groups in total. The first-order valence-corrected chi connectivity index (χ1v) is 5.08. The third-order valence-corrected chi connectivity index (χ3v) is 2.40. The number of nitrogens with two attached hydrogens (primary N) is 1. The van der Waals surface area contributed by atoms with Crippen molar-refractivity contribution in [2.75, 3.05) is 5.73 Å². The monoisotopic (exact) mass is 236 g/mol. The number of nitrogens with one attached hydrogen (secondary N) is 1. The van der Waals surface area contributed by atoms with E-state index in [0.29, 0.717) is 12.4 Å². The van der Waals surface area contributed by atoms with Crippen LogP contribution in [0.1, 0.15) is 12.7 Å². The molecule has 0 aliphatic heterocycles. The zero-order valence-electron chi connectivity index (χ0n) is 9.25. The summed E-state index contributed by atoms with van der Waals surface area (Å²) in [6, 6.07) is 1.16. The van der Waals surface area contributed by atoms with Crippen LogP contribution in [0.3, 0.4) is 0 Å². The minimum Gasteiger partial charge on any atom is -0.385 e. The molecule has 2 aromatic rings. The van der Waals surface area contributed by atoms with Crippen LogP contribution in [-0.2, 0) is 13.1 Å². The van der Waals surface area contributed by atoms with Gasteiger partial charge in [0.25, 0.3) is 5.56 Å². The van der Waals surface area contributed by atoms with Crippen molar-refractivity contribution in [3.05, 3.63) is 39.1 Å². The van der Waals surface area contributed by atoms with Crippen molar-refractivity contribution in [3.8, 4) is 0 Å². The number of H-pyrrole nitrogens is 1. The predicted octanol–water partition coefficient (Wildman–Crippen LogP) is -1.22. The topological polar surface area (TPSA) is 112 Å². The largest absolute Gasteiger partial charge is 0.385 e. The molecule has 0 aliphatic carbocycles. The van der Waals surface area contributed by atoms with Crippen molar-refractivity contribution in [1.29, 1.82) is 0 Å². The van der Waals surface area contributed by atoms with Gasteiger partial charge < -0.3 is 10.3 Å². The molecule has 2 heterocycles. The molecule has 8 nitrogen and oxygen atoms in total. The maximum Gasteiger partial charge on any atom is 0.330 e. The van der Waals surface area contributed by atoms with Gasteiger partial charge in [-0.2, -0.15) is 0 Å². The Morgan fingerprint density at radius 2 is 2.24 bits per heavy atom. The van der Waals surface area contributed by atoms with Gasteiger partial charge in [0.15, 0.2) is 5.82 Å². The standard InChI is InChI=1S/C9H12N6O2/c1-2-14-5-11-13-7(14)4-15-6(10)3-8(16)12-9(15)17/h3,5H,2,4,10H2,1H3,(H,12,16,17). The number of nitrogens with zero attached hydrogens (tertiary/aromatic N) is 4. The molecule has 0 saturated carbocycles. The van der Waals surface area contributed by atoms with Gasteiger partial charge in [-0.3, -0.25) is 14.3 Å². The molecule has 0 aliphatic rings. The van der Waals surface area contributed by atoms with E-state index in [9.17, 15) is 9.59 Å². The van der Waals surface area contributed by atoms with E-state index in [-0.39, 0.29) is 12.4 Å². The van der Waals surface area contributed by atoms with Gasteiger partial charge in [0.1, 0.15) is 12.1 Å². The Labute approximate surface area is 95.7 Å². The van der Waals surface area contributed by atoms with Gasteiger partial charge in [-0.15, -0.1) is 10.2 Å². The van der Waals surface area contributed by atoms with Crippen molar-refractivity contribution >= 4 is 5.82 Å². The summed E-state index contributed by atoms with van der Waals surface area (Å²) in [5, 5.41) is 7.64. The Morgan fingerprint density at radius 1 is 1.47 bits per heavy atom. The van der Waals surface area contributed by atoms with Crippen molar-refractivity contribution in [3.63, 3.8) is 0 Å². The Morgan fingerprint density at radius 3 is 2.88 bits per heavy atom. The van der Waals surface area contributed by atoms with E-state index in [1.54, 1.807) is 10.9 Å². The summed E-state index contributed by atoms with van der Waals surface area (Å²) in [7, 11) is 0. The van der Waals surface area contributed by atoms with Crippen molar-refractivity contribution < 1.29 is 0 Å². The molecular weight excluding hydrogens is 224 g/mol. The normalized spacial score (nSPS) is 10.6. The number of aromatic nitrogens is 5. The quantitative estimate of drug-likeness (QED) is 0.693. The van der Waals surface area contributed by atoms with E-state index in [4.69, 9.17) is 5.73 Å². The zero-order valence-corrected chi connectivity index (χ0v) is 9.25. The summed E-state index contributed by atoms with van der Waals surface area (Å²) >= 11 is 0. The zero-order chi connectivity index (χ0) is 12.4. The van der Waals surface area contributed by atoms with E-state index in [0.717, 1.165) is 6.07 Å². The van der Waals surface area contributed by atoms with E-state index in [2.05, 4.69) is 15.2 Å². The molecule has 17 heavy (non-hydrogen) atoms. The third-order valence-electron chi connectivity index (χ3n) is 2.40. The molecule has 0 radical (unpaired) electrons. The maximum absolute atomic E-state index is 11.6. The number of aryl methyl sites for hydroxylation is 1. The summed E-state index contributed by atoms with van der Waals surface area (Å²) in [6.45, 7) is 2.81. The molecule has 8 heteroatoms. The molecule has 90 valence electrons. The van der Waals surface area contributed by atoms with Gasteiger partial charge in [0.2, 0.25) is 0 Å². The first-order chi connectivity index (χ1) is 8.11. The highest BCUT2D eigenvalue weighted by atomic mass is 16.2. The summed E-state index contributed by atoms with van der Waals surface area (Å²) in [5.74, 6) is 0.706. The smallest absolute Gasteiger partial charge is 0.330 e. The average Bonchev–Trinajstić information content (AvgIpc) is 2.70. The molecular formula is C9H12N6O2. The maximum atomic E-state index is 11.6. The summed E-state index contributed by atoms with van der Waals surface area (Å²) < 4.78 is 3.02. The van der Waals surface area contributed by atoms with Gasteiger partial charge in [-0.25, -0.2) is 4.79 Å². The van der Waals surface area contributed by atoms with Crippen LogP contribution in [0.4, 0.5) is 5.82 Å². The highest BCUT2D eigenvalue weighted by Gasteiger charge is 2.08. The summed E-state index contributed by atoms with van der Waals surface area (Å²) in [6.07, 6.45) is 1.57. The minimum atomic E-state index is -0.555. The van der Waals surface area contributed by atoms with Crippen molar-refractivity contribution in [2.24, 2.45) is 0 Å². The van der Waals surface area contributed by atoms with Gasteiger partial charge in [0.05, 0.1) is 6.54 Å². The van der Waals surface area contributed by atoms with Crippen LogP contribution in [0, 0.1) is 0 Å². The molecule has 0 saturated heterocycles. The summed E-state index contributed by atoms with van der Waals surface area (Å²) in [5.41, 5.74) is 4.55. The average molecular weight is 236 g/mol. The number of aromatic amines is 1. The first kappa shape index (κ1) is 11.1. The molecule has 0 unspecified atom stereocenters. The fraction of sp³-hybridized carbons (Fsp3) is 0.333. The van der Waals surface area contributed by atoms with E-state index >= 15 is 0 Å². The molecule has 2 rings (SSSR count). The molecule has 0 fully saturated rings. The lowest BCUT2D eigenvalue weighted by molar-refractivity contribution is 0.632. The fourth-order valence-electron chi connectivity index (χ4n) is 1.51. The molecule has 2 aromatic heterocycles. The van der Waals surface area contributed by atoms with E-state index in [1.165, 1.54) is 4.57 Å². The van der Waals surface area contributed by atoms with Crippen molar-refractivity contribution in [1.82, 2.24) is 24.3 Å². The van der Waals surface area contributed by atoms with Crippen LogP contribution in [-0.4, -0.2) is 24.3 Å². The van der Waals surface area contributed by atoms with Crippen LogP contribution in [0.25, 0.3) is 0 Å². The van der Waals surface area contributed by atoms with Crippen molar-refractivity contribution in [2.45, 2.75) is 20.0 Å². The lowest BCUT2D eigenvalue weighted by Crippen LogP contribution is -2.32. The van der Waals surface area contributed by atoms with Gasteiger partial charge >= 0.3 is 5.69 Å². The number of anilines is 1. The number of rotatable bonds is 3.